The van der Waals surface area contributed by atoms with E-state index in [4.69, 9.17) is 11.6 Å². The Labute approximate surface area is 107 Å². The Morgan fingerprint density at radius 3 is 3.00 bits per heavy atom. The fraction of sp³-hybridized carbons (Fsp3) is 0.250. The van der Waals surface area contributed by atoms with Gasteiger partial charge < -0.3 is 0 Å². The van der Waals surface area contributed by atoms with Crippen LogP contribution >= 0.6 is 34.2 Å². The Kier molecular flexibility index (Phi) is 2.36. The second-order valence-electron chi connectivity index (χ2n) is 3.87. The van der Waals surface area contributed by atoms with Crippen molar-refractivity contribution in [1.82, 2.24) is 4.98 Å². The van der Waals surface area contributed by atoms with Gasteiger partial charge in [0.05, 0.1) is 10.5 Å². The Hall–Kier alpha value is -0.350. The van der Waals surface area contributed by atoms with Crippen LogP contribution < -0.4 is 0 Å². The van der Waals surface area contributed by atoms with E-state index in [1.165, 1.54) is 21.2 Å². The Morgan fingerprint density at radius 2 is 2.13 bits per heavy atom. The SMILES string of the molecule is Clc1c2c(nc3ccc(I)cc13)CCC2. The van der Waals surface area contributed by atoms with Crippen LogP contribution in [0.2, 0.25) is 5.02 Å². The van der Waals surface area contributed by atoms with Crippen molar-refractivity contribution in [1.29, 1.82) is 0 Å². The molecule has 0 atom stereocenters. The van der Waals surface area contributed by atoms with Gasteiger partial charge in [0.1, 0.15) is 0 Å². The predicted octanol–water partition coefficient (Wildman–Crippen LogP) is 3.98. The van der Waals surface area contributed by atoms with Gasteiger partial charge in [-0.3, -0.25) is 4.98 Å². The molecule has 1 heterocycles. The Balaban J connectivity index is 2.41. The van der Waals surface area contributed by atoms with Crippen molar-refractivity contribution in [2.75, 3.05) is 0 Å². The molecule has 0 radical (unpaired) electrons. The van der Waals surface area contributed by atoms with E-state index in [0.717, 1.165) is 28.8 Å². The van der Waals surface area contributed by atoms with E-state index in [1.807, 2.05) is 0 Å². The maximum Gasteiger partial charge on any atom is 0.0721 e. The first kappa shape index (κ1) is 9.85. The molecule has 1 nitrogen and oxygen atoms in total. The molecule has 0 aliphatic heterocycles. The zero-order valence-corrected chi connectivity index (χ0v) is 11.0. The van der Waals surface area contributed by atoms with Gasteiger partial charge in [-0.15, -0.1) is 0 Å². The largest absolute Gasteiger partial charge is 0.252 e. The van der Waals surface area contributed by atoms with Crippen LogP contribution in [0.3, 0.4) is 0 Å². The van der Waals surface area contributed by atoms with Crippen LogP contribution in [0.1, 0.15) is 17.7 Å². The van der Waals surface area contributed by atoms with Gasteiger partial charge in [0.2, 0.25) is 0 Å². The van der Waals surface area contributed by atoms with Crippen molar-refractivity contribution in [3.8, 4) is 0 Å². The average molecular weight is 330 g/mol. The van der Waals surface area contributed by atoms with E-state index in [0.29, 0.717) is 0 Å². The molecule has 3 heteroatoms. The number of rotatable bonds is 0. The first-order valence-corrected chi connectivity index (χ1v) is 6.48. The zero-order chi connectivity index (χ0) is 10.4. The fourth-order valence-corrected chi connectivity index (χ4v) is 3.02. The van der Waals surface area contributed by atoms with Crippen molar-refractivity contribution in [2.24, 2.45) is 0 Å². The van der Waals surface area contributed by atoms with E-state index in [2.05, 4.69) is 45.8 Å². The highest BCUT2D eigenvalue weighted by molar-refractivity contribution is 14.1. The van der Waals surface area contributed by atoms with Crippen LogP contribution in [-0.4, -0.2) is 4.98 Å². The lowest BCUT2D eigenvalue weighted by atomic mass is 10.1. The molecule has 76 valence electrons. The normalized spacial score (nSPS) is 14.5. The van der Waals surface area contributed by atoms with Gasteiger partial charge in [0, 0.05) is 14.7 Å². The van der Waals surface area contributed by atoms with E-state index in [-0.39, 0.29) is 0 Å². The van der Waals surface area contributed by atoms with Crippen LogP contribution in [0.15, 0.2) is 18.2 Å². The summed E-state index contributed by atoms with van der Waals surface area (Å²) in [6.07, 6.45) is 3.36. The van der Waals surface area contributed by atoms with Gasteiger partial charge in [-0.05, 0) is 65.6 Å². The summed E-state index contributed by atoms with van der Waals surface area (Å²) in [6.45, 7) is 0. The average Bonchev–Trinajstić information content (AvgIpc) is 2.68. The number of halogens is 2. The maximum absolute atomic E-state index is 6.42. The van der Waals surface area contributed by atoms with E-state index in [9.17, 15) is 0 Å². The molecular weight excluding hydrogens is 320 g/mol. The van der Waals surface area contributed by atoms with Crippen molar-refractivity contribution < 1.29 is 0 Å². The van der Waals surface area contributed by atoms with Crippen molar-refractivity contribution in [2.45, 2.75) is 19.3 Å². The Morgan fingerprint density at radius 1 is 1.27 bits per heavy atom. The standard InChI is InChI=1S/C12H9ClIN/c13-12-8-2-1-3-10(8)15-11-5-4-7(14)6-9(11)12/h4-6H,1-3H2. The molecule has 1 aromatic carbocycles. The number of hydrogen-bond acceptors (Lipinski definition) is 1. The minimum atomic E-state index is 0.922. The first-order valence-electron chi connectivity index (χ1n) is 5.02. The van der Waals surface area contributed by atoms with E-state index in [1.54, 1.807) is 0 Å². The summed E-state index contributed by atoms with van der Waals surface area (Å²) in [4.78, 5) is 4.67. The summed E-state index contributed by atoms with van der Waals surface area (Å²) in [6, 6.07) is 6.25. The minimum absolute atomic E-state index is 0.922. The third kappa shape index (κ3) is 1.54. The zero-order valence-electron chi connectivity index (χ0n) is 8.06. The van der Waals surface area contributed by atoms with Gasteiger partial charge in [0.15, 0.2) is 0 Å². The maximum atomic E-state index is 6.42. The van der Waals surface area contributed by atoms with Crippen molar-refractivity contribution in [3.63, 3.8) is 0 Å². The summed E-state index contributed by atoms with van der Waals surface area (Å²) in [5.41, 5.74) is 3.50. The smallest absolute Gasteiger partial charge is 0.0721 e. The monoisotopic (exact) mass is 329 g/mol. The van der Waals surface area contributed by atoms with Crippen LogP contribution in [-0.2, 0) is 12.8 Å². The second-order valence-corrected chi connectivity index (χ2v) is 5.49. The summed E-state index contributed by atoms with van der Waals surface area (Å²) >= 11 is 8.72. The van der Waals surface area contributed by atoms with Gasteiger partial charge in [-0.25, -0.2) is 0 Å². The predicted molar refractivity (Wildman–Crippen MR) is 71.5 cm³/mol. The molecule has 0 fully saturated rings. The number of fused-ring (bicyclic) bond motifs is 2. The number of aromatic nitrogens is 1. The summed E-state index contributed by atoms with van der Waals surface area (Å²) in [7, 11) is 0. The van der Waals surface area contributed by atoms with Gasteiger partial charge in [0.25, 0.3) is 0 Å². The van der Waals surface area contributed by atoms with Crippen LogP contribution in [0.25, 0.3) is 10.9 Å². The fourth-order valence-electron chi connectivity index (χ4n) is 2.18. The molecule has 0 N–H and O–H groups in total. The number of pyridine rings is 1. The third-order valence-electron chi connectivity index (χ3n) is 2.90. The lowest BCUT2D eigenvalue weighted by Gasteiger charge is -2.06. The molecule has 1 aromatic heterocycles. The molecule has 15 heavy (non-hydrogen) atoms. The highest BCUT2D eigenvalue weighted by atomic mass is 127. The molecule has 0 spiro atoms. The molecule has 1 aliphatic carbocycles. The number of hydrogen-bond donors (Lipinski definition) is 0. The van der Waals surface area contributed by atoms with E-state index >= 15 is 0 Å². The van der Waals surface area contributed by atoms with Crippen LogP contribution in [0.4, 0.5) is 0 Å². The highest BCUT2D eigenvalue weighted by Crippen LogP contribution is 2.33. The first-order chi connectivity index (χ1) is 7.25. The topological polar surface area (TPSA) is 12.9 Å². The van der Waals surface area contributed by atoms with Crippen molar-refractivity contribution in [3.05, 3.63) is 38.0 Å². The molecule has 0 bridgehead atoms. The van der Waals surface area contributed by atoms with Crippen LogP contribution in [0, 0.1) is 3.57 Å². The lowest BCUT2D eigenvalue weighted by Crippen LogP contribution is -1.92. The second kappa shape index (κ2) is 3.59. The van der Waals surface area contributed by atoms with Crippen LogP contribution in [0.5, 0.6) is 0 Å². The van der Waals surface area contributed by atoms with Gasteiger partial charge >= 0.3 is 0 Å². The molecule has 0 saturated heterocycles. The van der Waals surface area contributed by atoms with Gasteiger partial charge in [-0.2, -0.15) is 0 Å². The minimum Gasteiger partial charge on any atom is -0.252 e. The quantitative estimate of drug-likeness (QED) is 0.666. The summed E-state index contributed by atoms with van der Waals surface area (Å²) in [5.74, 6) is 0. The molecule has 3 rings (SSSR count). The highest BCUT2D eigenvalue weighted by Gasteiger charge is 2.18. The lowest BCUT2D eigenvalue weighted by molar-refractivity contribution is 0.901. The number of benzene rings is 1. The molecule has 1 aliphatic rings. The number of aryl methyl sites for hydroxylation is 1. The molecule has 0 unspecified atom stereocenters. The van der Waals surface area contributed by atoms with Gasteiger partial charge in [-0.1, -0.05) is 11.6 Å². The molecule has 2 aromatic rings. The molecule has 0 saturated carbocycles. The summed E-state index contributed by atoms with van der Waals surface area (Å²) < 4.78 is 1.21. The number of nitrogens with zero attached hydrogens (tertiary/aromatic N) is 1. The third-order valence-corrected chi connectivity index (χ3v) is 4.01. The molecule has 0 amide bonds. The molecular formula is C12H9ClIN. The van der Waals surface area contributed by atoms with Crippen molar-refractivity contribution >= 4 is 45.1 Å². The Bertz CT molecular complexity index is 551. The van der Waals surface area contributed by atoms with E-state index < -0.39 is 0 Å². The summed E-state index contributed by atoms with van der Waals surface area (Å²) in [5, 5.41) is 2.02.